The van der Waals surface area contributed by atoms with E-state index in [1.807, 2.05) is 0 Å². The highest BCUT2D eigenvalue weighted by Gasteiger charge is 2.31. The van der Waals surface area contributed by atoms with Gasteiger partial charge in [0.2, 0.25) is 0 Å². The Morgan fingerprint density at radius 1 is 1.12 bits per heavy atom. The Hall–Kier alpha value is -0.410. The van der Waals surface area contributed by atoms with E-state index in [9.17, 15) is 4.79 Å². The number of aliphatic hydroxyl groups excluding tert-OH is 1. The van der Waals surface area contributed by atoms with E-state index >= 15 is 0 Å². The summed E-state index contributed by atoms with van der Waals surface area (Å²) in [5, 5.41) is 8.98. The van der Waals surface area contributed by atoms with E-state index in [0.29, 0.717) is 30.8 Å². The van der Waals surface area contributed by atoms with Gasteiger partial charge in [-0.25, -0.2) is 0 Å². The number of aliphatic hydroxyl groups is 1. The van der Waals surface area contributed by atoms with E-state index in [-0.39, 0.29) is 6.61 Å². The lowest BCUT2D eigenvalue weighted by molar-refractivity contribution is -0.125. The van der Waals surface area contributed by atoms with Crippen molar-refractivity contribution in [2.75, 3.05) is 19.7 Å². The molecule has 2 rings (SSSR count). The van der Waals surface area contributed by atoms with E-state index in [4.69, 9.17) is 5.11 Å². The van der Waals surface area contributed by atoms with Gasteiger partial charge in [-0.1, -0.05) is 19.3 Å². The molecule has 3 nitrogen and oxygen atoms in total. The molecule has 0 aromatic heterocycles. The van der Waals surface area contributed by atoms with Gasteiger partial charge in [0.05, 0.1) is 13.2 Å². The van der Waals surface area contributed by atoms with Crippen molar-refractivity contribution < 1.29 is 9.90 Å². The zero-order valence-electron chi connectivity index (χ0n) is 10.0. The topological polar surface area (TPSA) is 40.5 Å². The number of Topliss-reactive ketones (excluding diaryl/α,β-unsaturated/α-hetero) is 1. The van der Waals surface area contributed by atoms with Crippen LogP contribution in [0.25, 0.3) is 0 Å². The monoisotopic (exact) mass is 225 g/mol. The number of nitrogens with zero attached hydrogens (tertiary/aromatic N) is 1. The van der Waals surface area contributed by atoms with Gasteiger partial charge in [-0.3, -0.25) is 9.69 Å². The number of carbonyl (C=O) groups is 1. The molecule has 0 unspecified atom stereocenters. The largest absolute Gasteiger partial charge is 0.395 e. The summed E-state index contributed by atoms with van der Waals surface area (Å²) in [5.41, 5.74) is 0. The lowest BCUT2D eigenvalue weighted by Gasteiger charge is -2.25. The van der Waals surface area contributed by atoms with E-state index in [1.54, 1.807) is 0 Å². The lowest BCUT2D eigenvalue weighted by Crippen LogP contribution is -2.37. The molecule has 2 saturated carbocycles. The molecule has 0 heterocycles. The average Bonchev–Trinajstić information content (AvgIpc) is 3.13. The Morgan fingerprint density at radius 2 is 1.81 bits per heavy atom. The summed E-state index contributed by atoms with van der Waals surface area (Å²) in [6.07, 6.45) is 8.34. The first-order valence-electron chi connectivity index (χ1n) is 6.69. The molecule has 2 aliphatic rings. The second kappa shape index (κ2) is 5.78. The van der Waals surface area contributed by atoms with Crippen LogP contribution in [0, 0.1) is 5.92 Å². The van der Waals surface area contributed by atoms with Crippen LogP contribution in [-0.2, 0) is 4.79 Å². The van der Waals surface area contributed by atoms with Gasteiger partial charge in [-0.2, -0.15) is 0 Å². The third-order valence-electron chi connectivity index (χ3n) is 3.87. The Morgan fingerprint density at radius 3 is 2.38 bits per heavy atom. The molecule has 0 aliphatic heterocycles. The summed E-state index contributed by atoms with van der Waals surface area (Å²) >= 11 is 0. The summed E-state index contributed by atoms with van der Waals surface area (Å²) < 4.78 is 0. The Labute approximate surface area is 97.8 Å². The van der Waals surface area contributed by atoms with Crippen molar-refractivity contribution in [3.8, 4) is 0 Å². The van der Waals surface area contributed by atoms with Crippen LogP contribution in [0.1, 0.15) is 44.9 Å². The maximum atomic E-state index is 12.1. The van der Waals surface area contributed by atoms with Gasteiger partial charge in [0.1, 0.15) is 5.78 Å². The van der Waals surface area contributed by atoms with Crippen molar-refractivity contribution in [3.63, 3.8) is 0 Å². The van der Waals surface area contributed by atoms with E-state index in [0.717, 1.165) is 12.8 Å². The van der Waals surface area contributed by atoms with Crippen molar-refractivity contribution in [1.29, 1.82) is 0 Å². The molecule has 0 aromatic carbocycles. The first kappa shape index (κ1) is 12.1. The molecular formula is C13H23NO2. The predicted octanol–water partition coefficient (Wildman–Crippen LogP) is 1.59. The fraction of sp³-hybridized carbons (Fsp3) is 0.923. The smallest absolute Gasteiger partial charge is 0.149 e. The third kappa shape index (κ3) is 3.29. The standard InChI is InChI=1S/C13H23NO2/c15-9-8-14(12-6-7-12)10-13(16)11-4-2-1-3-5-11/h11-12,15H,1-10H2. The predicted molar refractivity (Wildman–Crippen MR) is 63.3 cm³/mol. The molecule has 0 radical (unpaired) electrons. The normalized spacial score (nSPS) is 22.6. The molecule has 16 heavy (non-hydrogen) atoms. The molecule has 1 N–H and O–H groups in total. The number of ketones is 1. The lowest BCUT2D eigenvalue weighted by atomic mass is 9.86. The second-order valence-electron chi connectivity index (χ2n) is 5.23. The summed E-state index contributed by atoms with van der Waals surface area (Å²) in [6, 6.07) is 0.583. The summed E-state index contributed by atoms with van der Waals surface area (Å²) in [5.74, 6) is 0.730. The Kier molecular flexibility index (Phi) is 4.36. The minimum Gasteiger partial charge on any atom is -0.395 e. The summed E-state index contributed by atoms with van der Waals surface area (Å²) in [7, 11) is 0. The maximum absolute atomic E-state index is 12.1. The summed E-state index contributed by atoms with van der Waals surface area (Å²) in [4.78, 5) is 14.3. The fourth-order valence-electron chi connectivity index (χ4n) is 2.71. The number of hydrogen-bond acceptors (Lipinski definition) is 3. The molecule has 0 amide bonds. The van der Waals surface area contributed by atoms with E-state index < -0.39 is 0 Å². The van der Waals surface area contributed by atoms with Crippen LogP contribution < -0.4 is 0 Å². The van der Waals surface area contributed by atoms with Gasteiger partial charge >= 0.3 is 0 Å². The molecule has 0 spiro atoms. The fourth-order valence-corrected chi connectivity index (χ4v) is 2.71. The number of carbonyl (C=O) groups excluding carboxylic acids is 1. The van der Waals surface area contributed by atoms with Crippen molar-refractivity contribution in [3.05, 3.63) is 0 Å². The first-order valence-corrected chi connectivity index (χ1v) is 6.69. The molecular weight excluding hydrogens is 202 g/mol. The zero-order valence-corrected chi connectivity index (χ0v) is 10.0. The van der Waals surface area contributed by atoms with Gasteiger partial charge in [-0.15, -0.1) is 0 Å². The SMILES string of the molecule is O=C(CN(CCO)C1CC1)C1CCCCC1. The second-order valence-corrected chi connectivity index (χ2v) is 5.23. The molecule has 2 fully saturated rings. The van der Waals surface area contributed by atoms with Gasteiger partial charge < -0.3 is 5.11 Å². The minimum atomic E-state index is 0.175. The quantitative estimate of drug-likeness (QED) is 0.746. The third-order valence-corrected chi connectivity index (χ3v) is 3.87. The highest BCUT2D eigenvalue weighted by Crippen LogP contribution is 2.28. The minimum absolute atomic E-state index is 0.175. The molecule has 0 saturated heterocycles. The van der Waals surface area contributed by atoms with E-state index in [2.05, 4.69) is 4.90 Å². The van der Waals surface area contributed by atoms with Crippen molar-refractivity contribution in [2.45, 2.75) is 51.0 Å². The van der Waals surface area contributed by atoms with Crippen LogP contribution in [0.5, 0.6) is 0 Å². The van der Waals surface area contributed by atoms with Gasteiger partial charge in [0, 0.05) is 18.5 Å². The number of hydrogen-bond donors (Lipinski definition) is 1. The Balaban J connectivity index is 1.79. The van der Waals surface area contributed by atoms with Crippen molar-refractivity contribution >= 4 is 5.78 Å². The first-order chi connectivity index (χ1) is 7.81. The van der Waals surface area contributed by atoms with E-state index in [1.165, 1.54) is 32.1 Å². The van der Waals surface area contributed by atoms with Gasteiger partial charge in [0.25, 0.3) is 0 Å². The van der Waals surface area contributed by atoms with Crippen LogP contribution >= 0.6 is 0 Å². The van der Waals surface area contributed by atoms with Gasteiger partial charge in [0.15, 0.2) is 0 Å². The molecule has 0 bridgehead atoms. The van der Waals surface area contributed by atoms with Crippen LogP contribution in [0.2, 0.25) is 0 Å². The number of rotatable bonds is 6. The van der Waals surface area contributed by atoms with Crippen LogP contribution in [0.3, 0.4) is 0 Å². The molecule has 0 atom stereocenters. The maximum Gasteiger partial charge on any atom is 0.149 e. The Bertz CT molecular complexity index is 232. The molecule has 3 heteroatoms. The highest BCUT2D eigenvalue weighted by atomic mass is 16.3. The van der Waals surface area contributed by atoms with Crippen LogP contribution in [-0.4, -0.2) is 41.5 Å². The van der Waals surface area contributed by atoms with Crippen molar-refractivity contribution in [2.24, 2.45) is 5.92 Å². The summed E-state index contributed by atoms with van der Waals surface area (Å²) in [6.45, 7) is 1.42. The average molecular weight is 225 g/mol. The molecule has 2 aliphatic carbocycles. The zero-order chi connectivity index (χ0) is 11.4. The van der Waals surface area contributed by atoms with Gasteiger partial charge in [-0.05, 0) is 25.7 Å². The van der Waals surface area contributed by atoms with Crippen LogP contribution in [0.15, 0.2) is 0 Å². The molecule has 0 aromatic rings. The van der Waals surface area contributed by atoms with Crippen molar-refractivity contribution in [1.82, 2.24) is 4.90 Å². The highest BCUT2D eigenvalue weighted by molar-refractivity contribution is 5.83. The van der Waals surface area contributed by atoms with Crippen LogP contribution in [0.4, 0.5) is 0 Å². The molecule has 92 valence electrons.